The normalized spacial score (nSPS) is 17.3. The molecule has 2 heterocycles. The SMILES string of the molecule is Cl.O=C(Nc1nnc(-c2cccc(Cl)c2)s1)C1CCNC1. The highest BCUT2D eigenvalue weighted by Gasteiger charge is 2.23. The summed E-state index contributed by atoms with van der Waals surface area (Å²) in [5.74, 6) is 0.0253. The Morgan fingerprint density at radius 1 is 1.43 bits per heavy atom. The van der Waals surface area contributed by atoms with Crippen LogP contribution in [0.25, 0.3) is 10.6 Å². The van der Waals surface area contributed by atoms with Gasteiger partial charge in [0.15, 0.2) is 0 Å². The summed E-state index contributed by atoms with van der Waals surface area (Å²) in [6.07, 6.45) is 0.867. The molecule has 1 aliphatic heterocycles. The van der Waals surface area contributed by atoms with E-state index in [-0.39, 0.29) is 24.2 Å². The quantitative estimate of drug-likeness (QED) is 0.898. The lowest BCUT2D eigenvalue weighted by Crippen LogP contribution is -2.24. The minimum atomic E-state index is 0. The number of amides is 1. The van der Waals surface area contributed by atoms with Crippen molar-refractivity contribution in [1.82, 2.24) is 15.5 Å². The first-order valence-electron chi connectivity index (χ1n) is 6.33. The van der Waals surface area contributed by atoms with Crippen molar-refractivity contribution in [2.24, 2.45) is 5.92 Å². The first kappa shape index (κ1) is 16.2. The third-order valence-corrected chi connectivity index (χ3v) is 4.28. The van der Waals surface area contributed by atoms with Gasteiger partial charge in [0.05, 0.1) is 5.92 Å². The number of rotatable bonds is 3. The van der Waals surface area contributed by atoms with Crippen molar-refractivity contribution in [3.63, 3.8) is 0 Å². The number of benzene rings is 1. The van der Waals surface area contributed by atoms with E-state index in [0.717, 1.165) is 30.1 Å². The molecule has 0 radical (unpaired) electrons. The number of carbonyl (C=O) groups excluding carboxylic acids is 1. The maximum absolute atomic E-state index is 12.0. The molecule has 0 bridgehead atoms. The zero-order valence-electron chi connectivity index (χ0n) is 11.0. The smallest absolute Gasteiger partial charge is 0.230 e. The van der Waals surface area contributed by atoms with Crippen LogP contribution in [-0.4, -0.2) is 29.2 Å². The number of nitrogens with one attached hydrogen (secondary N) is 2. The van der Waals surface area contributed by atoms with E-state index in [4.69, 9.17) is 11.6 Å². The molecule has 8 heteroatoms. The highest BCUT2D eigenvalue weighted by Crippen LogP contribution is 2.28. The van der Waals surface area contributed by atoms with Crippen molar-refractivity contribution in [3.8, 4) is 10.6 Å². The number of halogens is 2. The van der Waals surface area contributed by atoms with E-state index in [1.54, 1.807) is 0 Å². The van der Waals surface area contributed by atoms with Gasteiger partial charge in [0.2, 0.25) is 11.0 Å². The average Bonchev–Trinajstić information content (AvgIpc) is 3.10. The van der Waals surface area contributed by atoms with E-state index < -0.39 is 0 Å². The largest absolute Gasteiger partial charge is 0.316 e. The molecule has 1 atom stereocenters. The number of hydrogen-bond acceptors (Lipinski definition) is 5. The molecule has 21 heavy (non-hydrogen) atoms. The maximum atomic E-state index is 12.0. The summed E-state index contributed by atoms with van der Waals surface area (Å²) in [5.41, 5.74) is 0.901. The van der Waals surface area contributed by atoms with Crippen molar-refractivity contribution < 1.29 is 4.79 Å². The topological polar surface area (TPSA) is 66.9 Å². The molecule has 1 aromatic carbocycles. The molecule has 5 nitrogen and oxygen atoms in total. The van der Waals surface area contributed by atoms with Gasteiger partial charge in [-0.1, -0.05) is 35.1 Å². The Hall–Kier alpha value is -1.21. The van der Waals surface area contributed by atoms with Crippen molar-refractivity contribution in [2.45, 2.75) is 6.42 Å². The third-order valence-electron chi connectivity index (χ3n) is 3.16. The van der Waals surface area contributed by atoms with E-state index >= 15 is 0 Å². The lowest BCUT2D eigenvalue weighted by Gasteiger charge is -2.06. The van der Waals surface area contributed by atoms with Gasteiger partial charge in [-0.05, 0) is 25.1 Å². The number of aromatic nitrogens is 2. The summed E-state index contributed by atoms with van der Waals surface area (Å²) in [6.45, 7) is 1.62. The average molecular weight is 345 g/mol. The second-order valence-electron chi connectivity index (χ2n) is 4.60. The molecule has 1 aliphatic rings. The summed E-state index contributed by atoms with van der Waals surface area (Å²) in [4.78, 5) is 12.0. The van der Waals surface area contributed by atoms with Crippen LogP contribution < -0.4 is 10.6 Å². The molecule has 3 rings (SSSR count). The van der Waals surface area contributed by atoms with Gasteiger partial charge in [-0.25, -0.2) is 0 Å². The summed E-state index contributed by atoms with van der Waals surface area (Å²) in [6, 6.07) is 7.41. The number of anilines is 1. The molecular formula is C13H14Cl2N4OS. The van der Waals surface area contributed by atoms with Crippen molar-refractivity contribution in [3.05, 3.63) is 29.3 Å². The summed E-state index contributed by atoms with van der Waals surface area (Å²) in [5, 5.41) is 16.0. The second kappa shape index (κ2) is 7.17. The molecule has 1 amide bonds. The van der Waals surface area contributed by atoms with Gasteiger partial charge < -0.3 is 10.6 Å². The highest BCUT2D eigenvalue weighted by molar-refractivity contribution is 7.18. The standard InChI is InChI=1S/C13H13ClN4OS.ClH/c14-10-3-1-2-8(6-10)12-17-18-13(20-12)16-11(19)9-4-5-15-7-9;/h1-3,6,9,15H,4-5,7H2,(H,16,18,19);1H. The molecule has 1 saturated heterocycles. The number of hydrogen-bond donors (Lipinski definition) is 2. The van der Waals surface area contributed by atoms with Gasteiger partial charge in [0.1, 0.15) is 5.01 Å². The molecule has 2 aromatic rings. The van der Waals surface area contributed by atoms with Crippen LogP contribution in [0.2, 0.25) is 5.02 Å². The zero-order valence-corrected chi connectivity index (χ0v) is 13.4. The van der Waals surface area contributed by atoms with E-state index in [9.17, 15) is 4.79 Å². The number of carbonyl (C=O) groups is 1. The van der Waals surface area contributed by atoms with Gasteiger partial charge in [-0.2, -0.15) is 0 Å². The predicted molar refractivity (Wildman–Crippen MR) is 87.2 cm³/mol. The fourth-order valence-corrected chi connectivity index (χ4v) is 3.03. The zero-order chi connectivity index (χ0) is 13.9. The molecule has 0 saturated carbocycles. The van der Waals surface area contributed by atoms with Crippen molar-refractivity contribution in [2.75, 3.05) is 18.4 Å². The molecular weight excluding hydrogens is 331 g/mol. The van der Waals surface area contributed by atoms with Gasteiger partial charge in [-0.15, -0.1) is 22.6 Å². The Kier molecular flexibility index (Phi) is 5.52. The predicted octanol–water partition coefficient (Wildman–Crippen LogP) is 2.83. The molecule has 112 valence electrons. The Bertz CT molecular complexity index is 628. The van der Waals surface area contributed by atoms with Crippen LogP contribution in [0.15, 0.2) is 24.3 Å². The summed E-state index contributed by atoms with van der Waals surface area (Å²) in [7, 11) is 0. The first-order valence-corrected chi connectivity index (χ1v) is 7.53. The molecule has 1 aromatic heterocycles. The molecule has 1 fully saturated rings. The fourth-order valence-electron chi connectivity index (χ4n) is 2.10. The lowest BCUT2D eigenvalue weighted by molar-refractivity contribution is -0.119. The Morgan fingerprint density at radius 3 is 3.00 bits per heavy atom. The van der Waals surface area contributed by atoms with Crippen molar-refractivity contribution >= 4 is 46.4 Å². The number of nitrogens with zero attached hydrogens (tertiary/aromatic N) is 2. The van der Waals surface area contributed by atoms with Crippen LogP contribution in [0, 0.1) is 5.92 Å². The van der Waals surface area contributed by atoms with E-state index in [2.05, 4.69) is 20.8 Å². The van der Waals surface area contributed by atoms with Crippen LogP contribution in [0.1, 0.15) is 6.42 Å². The highest BCUT2D eigenvalue weighted by atomic mass is 35.5. The van der Waals surface area contributed by atoms with Gasteiger partial charge >= 0.3 is 0 Å². The Labute approximate surface area is 137 Å². The Balaban J connectivity index is 0.00000161. The lowest BCUT2D eigenvalue weighted by atomic mass is 10.1. The van der Waals surface area contributed by atoms with Crippen LogP contribution in [0.3, 0.4) is 0 Å². The molecule has 0 aliphatic carbocycles. The van der Waals surface area contributed by atoms with E-state index in [0.29, 0.717) is 10.2 Å². The first-order chi connectivity index (χ1) is 9.72. The maximum Gasteiger partial charge on any atom is 0.230 e. The third kappa shape index (κ3) is 3.91. The Morgan fingerprint density at radius 2 is 2.29 bits per heavy atom. The van der Waals surface area contributed by atoms with E-state index in [1.807, 2.05) is 24.3 Å². The van der Waals surface area contributed by atoms with Crippen LogP contribution in [0.4, 0.5) is 5.13 Å². The summed E-state index contributed by atoms with van der Waals surface area (Å²) >= 11 is 7.30. The van der Waals surface area contributed by atoms with Gasteiger partial charge in [-0.3, -0.25) is 4.79 Å². The molecule has 2 N–H and O–H groups in total. The monoisotopic (exact) mass is 344 g/mol. The van der Waals surface area contributed by atoms with Gasteiger partial charge in [0.25, 0.3) is 0 Å². The van der Waals surface area contributed by atoms with Crippen LogP contribution in [-0.2, 0) is 4.79 Å². The minimum absolute atomic E-state index is 0. The van der Waals surface area contributed by atoms with Crippen molar-refractivity contribution in [1.29, 1.82) is 0 Å². The van der Waals surface area contributed by atoms with Crippen LogP contribution in [0.5, 0.6) is 0 Å². The minimum Gasteiger partial charge on any atom is -0.316 e. The summed E-state index contributed by atoms with van der Waals surface area (Å²) < 4.78 is 0. The second-order valence-corrected chi connectivity index (χ2v) is 6.02. The van der Waals surface area contributed by atoms with E-state index in [1.165, 1.54) is 11.3 Å². The fraction of sp³-hybridized carbons (Fsp3) is 0.308. The molecule has 1 unspecified atom stereocenters. The van der Waals surface area contributed by atoms with Gasteiger partial charge in [0, 0.05) is 17.1 Å². The molecule has 0 spiro atoms. The van der Waals surface area contributed by atoms with Crippen LogP contribution >= 0.6 is 35.3 Å².